The first-order chi connectivity index (χ1) is 7.34. The van der Waals surface area contributed by atoms with Crippen molar-refractivity contribution < 1.29 is 0 Å². The molecule has 15 heavy (non-hydrogen) atoms. The van der Waals surface area contributed by atoms with E-state index in [2.05, 4.69) is 21.0 Å². The van der Waals surface area contributed by atoms with Crippen molar-refractivity contribution in [1.29, 1.82) is 0 Å². The van der Waals surface area contributed by atoms with Crippen molar-refractivity contribution in [2.45, 2.75) is 13.3 Å². The summed E-state index contributed by atoms with van der Waals surface area (Å²) in [6.45, 7) is 2.75. The topological polar surface area (TPSA) is 37.1 Å². The van der Waals surface area contributed by atoms with Crippen LogP contribution in [0, 0.1) is 0 Å². The van der Waals surface area contributed by atoms with Gasteiger partial charge in [-0.25, -0.2) is 9.98 Å². The van der Waals surface area contributed by atoms with Gasteiger partial charge < -0.3 is 0 Å². The monoisotopic (exact) mass is 197 g/mol. The molecule has 3 heteroatoms. The lowest BCUT2D eigenvalue weighted by molar-refractivity contribution is 1.00. The van der Waals surface area contributed by atoms with Crippen LogP contribution in [0.4, 0.5) is 0 Å². The summed E-state index contributed by atoms with van der Waals surface area (Å²) in [4.78, 5) is 13.4. The van der Waals surface area contributed by atoms with E-state index in [1.54, 1.807) is 0 Å². The zero-order valence-corrected chi connectivity index (χ0v) is 8.57. The van der Waals surface area contributed by atoms with Gasteiger partial charge in [-0.1, -0.05) is 18.2 Å². The molecule has 0 saturated heterocycles. The van der Waals surface area contributed by atoms with Crippen LogP contribution in [0.1, 0.15) is 13.3 Å². The molecule has 0 atom stereocenters. The van der Waals surface area contributed by atoms with Crippen molar-refractivity contribution in [2.75, 3.05) is 6.54 Å². The maximum atomic E-state index is 4.52. The molecule has 0 spiro atoms. The third kappa shape index (κ3) is 1.31. The number of aliphatic imine (C=N–C) groups is 2. The smallest absolute Gasteiger partial charge is 0.126 e. The predicted octanol–water partition coefficient (Wildman–Crippen LogP) is 0.691. The van der Waals surface area contributed by atoms with Crippen molar-refractivity contribution in [2.24, 2.45) is 15.0 Å². The molecule has 0 saturated carbocycles. The zero-order chi connectivity index (χ0) is 10.3. The summed E-state index contributed by atoms with van der Waals surface area (Å²) < 4.78 is 0. The summed E-state index contributed by atoms with van der Waals surface area (Å²) in [6, 6.07) is 8.13. The van der Waals surface area contributed by atoms with E-state index in [-0.39, 0.29) is 0 Å². The number of fused-ring (bicyclic) bond motifs is 2. The summed E-state index contributed by atoms with van der Waals surface area (Å²) in [7, 11) is 0. The fourth-order valence-electron chi connectivity index (χ4n) is 1.98. The van der Waals surface area contributed by atoms with Crippen LogP contribution < -0.4 is 10.6 Å². The van der Waals surface area contributed by atoms with Crippen LogP contribution in [-0.4, -0.2) is 18.1 Å². The van der Waals surface area contributed by atoms with Gasteiger partial charge in [-0.15, -0.1) is 0 Å². The lowest BCUT2D eigenvalue weighted by atomic mass is 10.1. The van der Waals surface area contributed by atoms with Gasteiger partial charge in [0.25, 0.3) is 0 Å². The molecular weight excluding hydrogens is 186 g/mol. The summed E-state index contributed by atoms with van der Waals surface area (Å²) >= 11 is 0. The highest BCUT2D eigenvalue weighted by Gasteiger charge is 2.16. The standard InChI is InChI=1S/C12H11N3/c1-8-14-11-6-7-13-10-5-3-2-4-9(10)12(11)15-8/h2-5H,6-7H2,1H3. The molecule has 0 unspecified atom stereocenters. The fourth-order valence-corrected chi connectivity index (χ4v) is 1.98. The van der Waals surface area contributed by atoms with Crippen LogP contribution in [0.2, 0.25) is 0 Å². The van der Waals surface area contributed by atoms with Gasteiger partial charge in [0.05, 0.1) is 16.8 Å². The Morgan fingerprint density at radius 2 is 2.00 bits per heavy atom. The Kier molecular flexibility index (Phi) is 1.78. The number of rotatable bonds is 0. The molecule has 1 aromatic carbocycles. The minimum Gasteiger partial charge on any atom is -0.284 e. The normalized spacial score (nSPS) is 18.3. The average molecular weight is 197 g/mol. The summed E-state index contributed by atoms with van der Waals surface area (Å²) in [6.07, 6.45) is 0.894. The molecule has 2 aliphatic heterocycles. The first-order valence-corrected chi connectivity index (χ1v) is 5.12. The number of para-hydroxylation sites is 1. The van der Waals surface area contributed by atoms with Crippen LogP contribution in [0.15, 0.2) is 39.2 Å². The molecule has 0 amide bonds. The van der Waals surface area contributed by atoms with Crippen molar-refractivity contribution in [3.8, 4) is 0 Å². The lowest BCUT2D eigenvalue weighted by Crippen LogP contribution is -2.26. The highest BCUT2D eigenvalue weighted by atomic mass is 15.0. The van der Waals surface area contributed by atoms with E-state index in [0.717, 1.165) is 40.8 Å². The molecule has 0 aromatic heterocycles. The fraction of sp³-hybridized carbons (Fsp3) is 0.250. The Morgan fingerprint density at radius 1 is 1.13 bits per heavy atom. The number of amidine groups is 1. The van der Waals surface area contributed by atoms with Gasteiger partial charge in [-0.3, -0.25) is 4.99 Å². The molecule has 3 nitrogen and oxygen atoms in total. The van der Waals surface area contributed by atoms with Crippen LogP contribution in [0.25, 0.3) is 5.70 Å². The minimum atomic E-state index is 0.808. The second kappa shape index (κ2) is 3.12. The maximum absolute atomic E-state index is 4.52. The van der Waals surface area contributed by atoms with Gasteiger partial charge >= 0.3 is 0 Å². The number of benzene rings is 1. The highest BCUT2D eigenvalue weighted by Crippen LogP contribution is 2.13. The van der Waals surface area contributed by atoms with E-state index < -0.39 is 0 Å². The molecule has 0 N–H and O–H groups in total. The molecule has 1 aromatic rings. The molecule has 0 bridgehead atoms. The SMILES string of the molecule is CC1=NC2=c3ccccc3=NCCC2=N1. The second-order valence-corrected chi connectivity index (χ2v) is 3.71. The Bertz CT molecular complexity index is 594. The maximum Gasteiger partial charge on any atom is 0.126 e. The predicted molar refractivity (Wildman–Crippen MR) is 60.7 cm³/mol. The third-order valence-electron chi connectivity index (χ3n) is 2.63. The quantitative estimate of drug-likeness (QED) is 0.587. The molecule has 2 aliphatic rings. The van der Waals surface area contributed by atoms with Crippen LogP contribution in [-0.2, 0) is 0 Å². The number of nitrogens with zero attached hydrogens (tertiary/aromatic N) is 3. The van der Waals surface area contributed by atoms with E-state index in [0.29, 0.717) is 0 Å². The molecule has 74 valence electrons. The van der Waals surface area contributed by atoms with Crippen LogP contribution in [0.3, 0.4) is 0 Å². The van der Waals surface area contributed by atoms with Crippen molar-refractivity contribution >= 4 is 17.2 Å². The van der Waals surface area contributed by atoms with Crippen molar-refractivity contribution in [3.63, 3.8) is 0 Å². The molecular formula is C12H11N3. The van der Waals surface area contributed by atoms with Gasteiger partial charge in [0.2, 0.25) is 0 Å². The first kappa shape index (κ1) is 8.53. The van der Waals surface area contributed by atoms with Gasteiger partial charge in [0.15, 0.2) is 0 Å². The van der Waals surface area contributed by atoms with E-state index in [4.69, 9.17) is 0 Å². The zero-order valence-electron chi connectivity index (χ0n) is 8.57. The van der Waals surface area contributed by atoms with E-state index in [9.17, 15) is 0 Å². The Morgan fingerprint density at radius 3 is 2.93 bits per heavy atom. The van der Waals surface area contributed by atoms with Gasteiger partial charge in [-0.05, 0) is 13.0 Å². The van der Waals surface area contributed by atoms with Crippen molar-refractivity contribution in [1.82, 2.24) is 0 Å². The highest BCUT2D eigenvalue weighted by molar-refractivity contribution is 6.26. The first-order valence-electron chi connectivity index (χ1n) is 5.12. The molecule has 2 heterocycles. The van der Waals surface area contributed by atoms with E-state index >= 15 is 0 Å². The number of hydrogen-bond acceptors (Lipinski definition) is 3. The van der Waals surface area contributed by atoms with Crippen molar-refractivity contribution in [3.05, 3.63) is 34.8 Å². The van der Waals surface area contributed by atoms with Gasteiger partial charge in [0, 0.05) is 18.2 Å². The van der Waals surface area contributed by atoms with E-state index in [1.807, 2.05) is 25.1 Å². The molecule has 0 fully saturated rings. The summed E-state index contributed by atoms with van der Waals surface area (Å²) in [5, 5.41) is 2.15. The summed E-state index contributed by atoms with van der Waals surface area (Å²) in [5.74, 6) is 0.858. The molecule has 0 aliphatic carbocycles. The Balaban J connectivity index is 2.46. The largest absolute Gasteiger partial charge is 0.284 e. The molecule has 3 rings (SSSR count). The van der Waals surface area contributed by atoms with E-state index in [1.165, 1.54) is 0 Å². The van der Waals surface area contributed by atoms with Crippen LogP contribution >= 0.6 is 0 Å². The Hall–Kier alpha value is -1.77. The Labute approximate surface area is 87.6 Å². The second-order valence-electron chi connectivity index (χ2n) is 3.71. The minimum absolute atomic E-state index is 0.808. The lowest BCUT2D eigenvalue weighted by Gasteiger charge is -1.95. The summed E-state index contributed by atoms with van der Waals surface area (Å²) in [5.41, 5.74) is 2.10. The molecule has 0 radical (unpaired) electrons. The van der Waals surface area contributed by atoms with Gasteiger partial charge in [-0.2, -0.15) is 0 Å². The number of hydrogen-bond donors (Lipinski definition) is 0. The van der Waals surface area contributed by atoms with Crippen LogP contribution in [0.5, 0.6) is 0 Å². The van der Waals surface area contributed by atoms with Gasteiger partial charge in [0.1, 0.15) is 5.84 Å². The average Bonchev–Trinajstić information content (AvgIpc) is 2.52. The third-order valence-corrected chi connectivity index (χ3v) is 2.63.